The second-order valence-corrected chi connectivity index (χ2v) is 3.90. The Labute approximate surface area is 109 Å². The summed E-state index contributed by atoms with van der Waals surface area (Å²) in [7, 11) is 0. The highest BCUT2D eigenvalue weighted by Crippen LogP contribution is 2.09. The zero-order valence-electron chi connectivity index (χ0n) is 10.5. The second kappa shape index (κ2) is 7.44. The third-order valence-electron chi connectivity index (χ3n) is 2.16. The van der Waals surface area contributed by atoms with E-state index in [-0.39, 0.29) is 12.1 Å². The zero-order valence-corrected chi connectivity index (χ0v) is 10.5. The van der Waals surface area contributed by atoms with Crippen molar-refractivity contribution in [1.82, 2.24) is 5.32 Å². The van der Waals surface area contributed by atoms with Crippen molar-refractivity contribution >= 4 is 24.0 Å². The van der Waals surface area contributed by atoms with E-state index in [9.17, 15) is 24.6 Å². The third-order valence-corrected chi connectivity index (χ3v) is 2.16. The predicted octanol–water partition coefficient (Wildman–Crippen LogP) is -2.76. The maximum Gasteiger partial charge on any atom is 0.335 e. The van der Waals surface area contributed by atoms with Crippen LogP contribution in [-0.4, -0.2) is 63.6 Å². The van der Waals surface area contributed by atoms with Gasteiger partial charge in [-0.3, -0.25) is 9.79 Å². The lowest BCUT2D eigenvalue weighted by molar-refractivity contribution is -0.154. The van der Waals surface area contributed by atoms with Crippen LogP contribution in [0, 0.1) is 0 Å². The number of nitrogens with two attached hydrogens (primary N) is 1. The van der Waals surface area contributed by atoms with Crippen LogP contribution in [0.15, 0.2) is 4.99 Å². The van der Waals surface area contributed by atoms with Crippen LogP contribution < -0.4 is 11.1 Å². The molecular weight excluding hydrogens is 258 g/mol. The minimum Gasteiger partial charge on any atom is -0.479 e. The van der Waals surface area contributed by atoms with Crippen molar-refractivity contribution < 1.29 is 29.7 Å². The van der Waals surface area contributed by atoms with Gasteiger partial charge in [-0.25, -0.2) is 4.79 Å². The molecule has 0 fully saturated rings. The molecule has 0 saturated carbocycles. The van der Waals surface area contributed by atoms with Crippen LogP contribution in [-0.2, 0) is 14.4 Å². The van der Waals surface area contributed by atoms with Gasteiger partial charge in [0.1, 0.15) is 24.5 Å². The molecule has 0 aromatic heterocycles. The first-order valence-corrected chi connectivity index (χ1v) is 5.32. The first kappa shape index (κ1) is 17.0. The van der Waals surface area contributed by atoms with E-state index in [1.807, 2.05) is 0 Å². The van der Waals surface area contributed by atoms with Gasteiger partial charge >= 0.3 is 5.97 Å². The largest absolute Gasteiger partial charge is 0.479 e. The highest BCUT2D eigenvalue weighted by molar-refractivity contribution is 5.80. The van der Waals surface area contributed by atoms with E-state index in [1.165, 1.54) is 6.92 Å². The molecule has 9 nitrogen and oxygen atoms in total. The standard InChI is InChI=1S/C10H17N3O6/c1-4(11)12-7(6(3-14)13-5(2)15)8(16)9(17)10(18)19/h3,6-9,16-17H,1-2H3,(H2,11,12)(H,13,15)(H,18,19)/t6-,7-,8+,9+/m1/s1. The van der Waals surface area contributed by atoms with Crippen molar-refractivity contribution in [2.24, 2.45) is 10.7 Å². The lowest BCUT2D eigenvalue weighted by Crippen LogP contribution is -2.53. The number of amidine groups is 1. The number of aliphatic hydroxyl groups excluding tert-OH is 2. The van der Waals surface area contributed by atoms with E-state index >= 15 is 0 Å². The van der Waals surface area contributed by atoms with Crippen molar-refractivity contribution in [2.75, 3.05) is 0 Å². The van der Waals surface area contributed by atoms with E-state index in [2.05, 4.69) is 10.3 Å². The summed E-state index contributed by atoms with van der Waals surface area (Å²) >= 11 is 0. The van der Waals surface area contributed by atoms with Gasteiger partial charge in [-0.1, -0.05) is 0 Å². The highest BCUT2D eigenvalue weighted by atomic mass is 16.4. The van der Waals surface area contributed by atoms with Crippen LogP contribution in [0.3, 0.4) is 0 Å². The molecule has 19 heavy (non-hydrogen) atoms. The van der Waals surface area contributed by atoms with Gasteiger partial charge in [0.25, 0.3) is 0 Å². The number of carboxylic acid groups (broad SMARTS) is 1. The topological polar surface area (TPSA) is 162 Å². The van der Waals surface area contributed by atoms with Gasteiger partial charge in [0.05, 0.1) is 5.84 Å². The summed E-state index contributed by atoms with van der Waals surface area (Å²) in [5.74, 6) is -2.31. The van der Waals surface area contributed by atoms with Crippen molar-refractivity contribution in [3.8, 4) is 0 Å². The number of carbonyl (C=O) groups excluding carboxylic acids is 2. The first-order valence-electron chi connectivity index (χ1n) is 5.32. The molecule has 0 spiro atoms. The van der Waals surface area contributed by atoms with E-state index in [4.69, 9.17) is 10.8 Å². The maximum atomic E-state index is 10.9. The van der Waals surface area contributed by atoms with Crippen LogP contribution in [0.1, 0.15) is 13.8 Å². The summed E-state index contributed by atoms with van der Waals surface area (Å²) in [5, 5.41) is 29.8. The molecule has 0 aromatic carbocycles. The molecule has 9 heteroatoms. The molecule has 0 aliphatic heterocycles. The fraction of sp³-hybridized carbons (Fsp3) is 0.600. The molecule has 6 N–H and O–H groups in total. The molecule has 108 valence electrons. The van der Waals surface area contributed by atoms with Gasteiger partial charge in [0.15, 0.2) is 6.10 Å². The quantitative estimate of drug-likeness (QED) is 0.191. The summed E-state index contributed by atoms with van der Waals surface area (Å²) in [6, 6.07) is -2.71. The number of carbonyl (C=O) groups is 3. The number of nitrogens with one attached hydrogen (secondary N) is 1. The van der Waals surface area contributed by atoms with Crippen molar-refractivity contribution in [3.63, 3.8) is 0 Å². The summed E-state index contributed by atoms with van der Waals surface area (Å²) in [5.41, 5.74) is 5.31. The molecule has 0 unspecified atom stereocenters. The van der Waals surface area contributed by atoms with Crippen LogP contribution >= 0.6 is 0 Å². The van der Waals surface area contributed by atoms with E-state index in [0.717, 1.165) is 6.92 Å². The molecule has 0 aromatic rings. The fourth-order valence-corrected chi connectivity index (χ4v) is 1.37. The normalized spacial score (nSPS) is 18.0. The Morgan fingerprint density at radius 3 is 2.16 bits per heavy atom. The average Bonchev–Trinajstić information content (AvgIpc) is 2.30. The van der Waals surface area contributed by atoms with Crippen molar-refractivity contribution in [2.45, 2.75) is 38.1 Å². The Morgan fingerprint density at radius 2 is 1.84 bits per heavy atom. The number of aliphatic imine (C=N–C) groups is 1. The molecule has 0 radical (unpaired) electrons. The Hall–Kier alpha value is -2.00. The number of nitrogens with zero attached hydrogens (tertiary/aromatic N) is 1. The van der Waals surface area contributed by atoms with Gasteiger partial charge in [0.2, 0.25) is 5.91 Å². The Kier molecular flexibility index (Phi) is 6.66. The lowest BCUT2D eigenvalue weighted by Gasteiger charge is -2.26. The molecule has 0 aliphatic carbocycles. The molecule has 0 rings (SSSR count). The van der Waals surface area contributed by atoms with Gasteiger partial charge in [-0.2, -0.15) is 0 Å². The number of aliphatic carboxylic acids is 1. The van der Waals surface area contributed by atoms with Crippen LogP contribution in [0.5, 0.6) is 0 Å². The second-order valence-electron chi connectivity index (χ2n) is 3.90. The van der Waals surface area contributed by atoms with E-state index < -0.39 is 36.2 Å². The summed E-state index contributed by atoms with van der Waals surface area (Å²) in [6.45, 7) is 2.48. The Bertz CT molecular complexity index is 379. The van der Waals surface area contributed by atoms with Gasteiger partial charge in [0, 0.05) is 6.92 Å². The molecule has 0 saturated heterocycles. The Morgan fingerprint density at radius 1 is 1.32 bits per heavy atom. The van der Waals surface area contributed by atoms with E-state index in [1.54, 1.807) is 0 Å². The average molecular weight is 275 g/mol. The summed E-state index contributed by atoms with van der Waals surface area (Å²) < 4.78 is 0. The van der Waals surface area contributed by atoms with Gasteiger partial charge in [-0.15, -0.1) is 0 Å². The fourth-order valence-electron chi connectivity index (χ4n) is 1.37. The highest BCUT2D eigenvalue weighted by Gasteiger charge is 2.36. The SMILES string of the molecule is CC(=O)N[C@H](C=O)[C@@H](N=C(C)N)[C@H](O)[C@H](O)C(=O)O. The Balaban J connectivity index is 5.29. The number of amides is 1. The third kappa shape index (κ3) is 5.44. The number of aldehydes is 1. The number of carboxylic acids is 1. The van der Waals surface area contributed by atoms with Crippen molar-refractivity contribution in [3.05, 3.63) is 0 Å². The zero-order chi connectivity index (χ0) is 15.2. The number of hydrogen-bond donors (Lipinski definition) is 5. The predicted molar refractivity (Wildman–Crippen MR) is 64.4 cm³/mol. The molecule has 4 atom stereocenters. The number of hydrogen-bond acceptors (Lipinski definition) is 6. The molecule has 1 amide bonds. The molecular formula is C10H17N3O6. The van der Waals surface area contributed by atoms with Crippen LogP contribution in [0.2, 0.25) is 0 Å². The maximum absolute atomic E-state index is 10.9. The first-order chi connectivity index (χ1) is 8.70. The number of aliphatic hydroxyl groups is 2. The molecule has 0 bridgehead atoms. The smallest absolute Gasteiger partial charge is 0.335 e. The summed E-state index contributed by atoms with van der Waals surface area (Å²) in [6.07, 6.45) is -3.79. The minimum absolute atomic E-state index is 0.0427. The van der Waals surface area contributed by atoms with E-state index in [0.29, 0.717) is 0 Å². The summed E-state index contributed by atoms with van der Waals surface area (Å²) in [4.78, 5) is 36.1. The van der Waals surface area contributed by atoms with Crippen LogP contribution in [0.4, 0.5) is 0 Å². The van der Waals surface area contributed by atoms with Gasteiger partial charge in [-0.05, 0) is 6.92 Å². The molecule has 0 heterocycles. The van der Waals surface area contributed by atoms with Crippen molar-refractivity contribution in [1.29, 1.82) is 0 Å². The number of rotatable bonds is 7. The molecule has 0 aliphatic rings. The van der Waals surface area contributed by atoms with Crippen LogP contribution in [0.25, 0.3) is 0 Å². The minimum atomic E-state index is -2.16. The lowest BCUT2D eigenvalue weighted by atomic mass is 9.99. The monoisotopic (exact) mass is 275 g/mol. The van der Waals surface area contributed by atoms with Gasteiger partial charge < -0.3 is 31.2 Å².